The number of hydrogen-bond donors (Lipinski definition) is 2. The van der Waals surface area contributed by atoms with Crippen LogP contribution >= 0.6 is 36.5 Å². The van der Waals surface area contributed by atoms with E-state index in [-0.39, 0.29) is 31.3 Å². The van der Waals surface area contributed by atoms with Crippen LogP contribution in [0.15, 0.2) is 0 Å². The van der Waals surface area contributed by atoms with Gasteiger partial charge < -0.3 is 28.0 Å². The fraction of sp³-hybridized carbons (Fsp3) is 1.00. The van der Waals surface area contributed by atoms with Crippen molar-refractivity contribution >= 4 is 63.5 Å². The topological polar surface area (TPSA) is 72.5 Å². The van der Waals surface area contributed by atoms with E-state index in [0.29, 0.717) is 13.9 Å². The van der Waals surface area contributed by atoms with Crippen molar-refractivity contribution in [2.24, 2.45) is 0 Å². The molecule has 0 bridgehead atoms. The highest BCUT2D eigenvalue weighted by atomic mass is 32.9. The smallest absolute Gasteiger partial charge is 0.252 e. The molecule has 9 atom stereocenters. The number of ether oxygens (including phenoxy) is 4. The summed E-state index contributed by atoms with van der Waals surface area (Å²) in [6, 6.07) is -0.689. The summed E-state index contributed by atoms with van der Waals surface area (Å²) in [4.78, 5) is 0. The first-order valence-corrected chi connectivity index (χ1v) is 16.9. The molecule has 0 aromatic heterocycles. The number of rotatable bonds is 11. The SMILES string of the molecule is B[C@H]1CC(OP(C)(=S)S)[C@@H](COCB[C@@H]2O[C@H](COC)C(O[P@](C)(=O)S)C2F)O1. The third-order valence-corrected chi connectivity index (χ3v) is 6.70. The second-order valence-corrected chi connectivity index (χ2v) is 18.5. The molecule has 29 heavy (non-hydrogen) atoms. The van der Waals surface area contributed by atoms with Crippen LogP contribution in [0, 0.1) is 0 Å². The predicted octanol–water partition coefficient (Wildman–Crippen LogP) is 1.25. The molecule has 2 saturated heterocycles. The maximum atomic E-state index is 14.8. The summed E-state index contributed by atoms with van der Waals surface area (Å²) in [6.45, 7) is 0.671. The summed E-state index contributed by atoms with van der Waals surface area (Å²) in [5.41, 5.74) is -2.11. The molecule has 0 aromatic carbocycles. The Morgan fingerprint density at radius 3 is 2.52 bits per heavy atom. The Morgan fingerprint density at radius 1 is 1.24 bits per heavy atom. The van der Waals surface area contributed by atoms with Gasteiger partial charge in [0.05, 0.1) is 25.3 Å². The van der Waals surface area contributed by atoms with Crippen LogP contribution in [0.5, 0.6) is 0 Å². The molecule has 2 fully saturated rings. The van der Waals surface area contributed by atoms with Gasteiger partial charge in [-0.1, -0.05) is 24.1 Å². The van der Waals surface area contributed by atoms with E-state index in [2.05, 4.69) is 24.5 Å². The minimum absolute atomic E-state index is 0.0514. The van der Waals surface area contributed by atoms with E-state index in [1.54, 1.807) is 6.66 Å². The first-order chi connectivity index (χ1) is 13.4. The maximum absolute atomic E-state index is 14.8. The Balaban J connectivity index is 1.82. The largest absolute Gasteiger partial charge is 0.387 e. The van der Waals surface area contributed by atoms with E-state index in [0.717, 1.165) is 6.42 Å². The predicted molar refractivity (Wildman–Crippen MR) is 127 cm³/mol. The van der Waals surface area contributed by atoms with Crippen molar-refractivity contribution in [1.82, 2.24) is 0 Å². The molecule has 0 aliphatic carbocycles. The second-order valence-electron chi connectivity index (χ2n) is 7.52. The van der Waals surface area contributed by atoms with Crippen LogP contribution in [0.4, 0.5) is 4.39 Å². The summed E-state index contributed by atoms with van der Waals surface area (Å²) >= 11 is 13.5. The monoisotopic (exact) mass is 508 g/mol. The normalized spacial score (nSPS) is 39.2. The average Bonchev–Trinajstić information content (AvgIpc) is 3.03. The van der Waals surface area contributed by atoms with Gasteiger partial charge in [-0.2, -0.15) is 0 Å². The van der Waals surface area contributed by atoms with Crippen LogP contribution in [0.3, 0.4) is 0 Å². The molecule has 2 rings (SSSR count). The molecule has 2 aliphatic rings. The van der Waals surface area contributed by atoms with Gasteiger partial charge in [0, 0.05) is 26.3 Å². The van der Waals surface area contributed by atoms with E-state index in [4.69, 9.17) is 39.8 Å². The summed E-state index contributed by atoms with van der Waals surface area (Å²) < 4.78 is 60.2. The van der Waals surface area contributed by atoms with Gasteiger partial charge in [-0.15, -0.1) is 12.2 Å². The van der Waals surface area contributed by atoms with Crippen LogP contribution in [0.25, 0.3) is 0 Å². The lowest BCUT2D eigenvalue weighted by Crippen LogP contribution is -2.36. The second kappa shape index (κ2) is 11.5. The van der Waals surface area contributed by atoms with Crippen LogP contribution in [-0.4, -0.2) is 97.9 Å². The first-order valence-electron chi connectivity index (χ1n) is 9.38. The number of alkyl halides is 1. The van der Waals surface area contributed by atoms with E-state index >= 15 is 0 Å². The van der Waals surface area contributed by atoms with E-state index in [1.165, 1.54) is 13.8 Å². The van der Waals surface area contributed by atoms with Crippen LogP contribution in [-0.2, 0) is 44.4 Å². The molecule has 2 aliphatic heterocycles. The molecule has 7 nitrogen and oxygen atoms in total. The zero-order valence-corrected chi connectivity index (χ0v) is 21.4. The van der Waals surface area contributed by atoms with Gasteiger partial charge >= 0.3 is 0 Å². The van der Waals surface area contributed by atoms with Gasteiger partial charge in [-0.05, 0) is 13.1 Å². The molecule has 0 amide bonds. The lowest BCUT2D eigenvalue weighted by molar-refractivity contribution is -0.0176. The lowest BCUT2D eigenvalue weighted by Gasteiger charge is -2.22. The van der Waals surface area contributed by atoms with Crippen molar-refractivity contribution < 1.29 is 37.0 Å². The fourth-order valence-electron chi connectivity index (χ4n) is 3.50. The molecular weight excluding hydrogens is 479 g/mol. The van der Waals surface area contributed by atoms with Crippen molar-refractivity contribution in [3.05, 3.63) is 0 Å². The Hall–Kier alpha value is 1.40. The van der Waals surface area contributed by atoms with Crippen molar-refractivity contribution in [3.8, 4) is 0 Å². The summed E-state index contributed by atoms with van der Waals surface area (Å²) in [5.74, 6) is 0. The van der Waals surface area contributed by atoms with Crippen LogP contribution < -0.4 is 0 Å². The van der Waals surface area contributed by atoms with Crippen molar-refractivity contribution in [2.45, 2.75) is 49.0 Å². The molecule has 0 spiro atoms. The van der Waals surface area contributed by atoms with Gasteiger partial charge in [0.25, 0.3) is 6.57 Å². The molecule has 15 heteroatoms. The van der Waals surface area contributed by atoms with Crippen molar-refractivity contribution in [1.29, 1.82) is 0 Å². The number of methoxy groups -OCH3 is 1. The van der Waals surface area contributed by atoms with Gasteiger partial charge in [-0.25, -0.2) is 4.39 Å². The molecule has 4 unspecified atom stereocenters. The molecule has 168 valence electrons. The highest BCUT2D eigenvalue weighted by Gasteiger charge is 2.47. The summed E-state index contributed by atoms with van der Waals surface area (Å²) in [5, 5.41) is 0. The van der Waals surface area contributed by atoms with Gasteiger partial charge in [-0.3, -0.25) is 4.57 Å². The van der Waals surface area contributed by atoms with E-state index in [9.17, 15) is 8.96 Å². The molecule has 0 aromatic rings. The zero-order valence-electron chi connectivity index (χ0n) is 17.0. The third-order valence-electron chi connectivity index (χ3n) is 4.58. The zero-order chi connectivity index (χ0) is 21.8. The Bertz CT molecular complexity index is 628. The summed E-state index contributed by atoms with van der Waals surface area (Å²) in [6.07, 6.45) is -2.76. The fourth-order valence-corrected chi connectivity index (χ4v) is 5.95. The molecule has 0 radical (unpaired) electrons. The maximum Gasteiger partial charge on any atom is 0.252 e. The molecular formula is C14H29B2FO7P2S3. The molecule has 0 N–H and O–H groups in total. The Morgan fingerprint density at radius 2 is 1.93 bits per heavy atom. The van der Waals surface area contributed by atoms with Gasteiger partial charge in [0.15, 0.2) is 7.28 Å². The number of halogens is 1. The minimum atomic E-state index is -3.17. The highest BCUT2D eigenvalue weighted by molar-refractivity contribution is 8.61. The van der Waals surface area contributed by atoms with Gasteiger partial charge in [0.2, 0.25) is 0 Å². The van der Waals surface area contributed by atoms with E-state index in [1.807, 2.05) is 7.85 Å². The Labute approximate surface area is 189 Å². The number of hydrogen-bond acceptors (Lipinski definition) is 8. The van der Waals surface area contributed by atoms with Gasteiger partial charge in [0.1, 0.15) is 37.8 Å². The average molecular weight is 508 g/mol. The van der Waals surface area contributed by atoms with Crippen molar-refractivity contribution in [2.75, 3.05) is 40.2 Å². The van der Waals surface area contributed by atoms with Crippen molar-refractivity contribution in [3.63, 3.8) is 0 Å². The molecule has 0 saturated carbocycles. The quantitative estimate of drug-likeness (QED) is 0.187. The summed E-state index contributed by atoms with van der Waals surface area (Å²) in [7, 11) is 3.77. The van der Waals surface area contributed by atoms with Crippen LogP contribution in [0.2, 0.25) is 0 Å². The lowest BCUT2D eigenvalue weighted by atomic mass is 9.70. The highest BCUT2D eigenvalue weighted by Crippen LogP contribution is 2.51. The Kier molecular flexibility index (Phi) is 10.6. The minimum Gasteiger partial charge on any atom is -0.387 e. The van der Waals surface area contributed by atoms with E-state index < -0.39 is 36.4 Å². The standard InChI is InChI=1S/C14H29B2FO7P2S3/c1-19-5-10-13(24-25(2,18)27)12(17)14(22-10)16-7-20-6-9-8(4-11(15)21-9)23-26(3,28)29/h8-14,16H,4-7,15H2,1-3H3,(H,18,27)(H,28,29)/t8?,9-,10-,11-,12?,13?,14-,25+/m1/s1. The first kappa shape index (κ1) is 26.7. The third kappa shape index (κ3) is 9.04. The number of thiol groups is 2. The van der Waals surface area contributed by atoms with Crippen LogP contribution in [0.1, 0.15) is 6.42 Å². The molecule has 2 heterocycles.